The van der Waals surface area contributed by atoms with E-state index < -0.39 is 18.4 Å². The van der Waals surface area contributed by atoms with Crippen LogP contribution in [-0.4, -0.2) is 27.5 Å². The molecule has 0 saturated heterocycles. The SMILES string of the molecule is Cn1nc(-c2cc(C(=O)O)c(Cl)cc2F)c(Br)c1OC(F)F. The average molecular weight is 400 g/mol. The summed E-state index contributed by atoms with van der Waals surface area (Å²) in [6.07, 6.45) is 0. The van der Waals surface area contributed by atoms with E-state index in [1.54, 1.807) is 0 Å². The molecule has 1 heterocycles. The van der Waals surface area contributed by atoms with Crippen LogP contribution >= 0.6 is 27.5 Å². The number of carboxylic acid groups (broad SMARTS) is 1. The molecule has 1 aromatic heterocycles. The third-order valence-corrected chi connectivity index (χ3v) is 3.71. The number of hydrogen-bond donors (Lipinski definition) is 1. The third-order valence-electron chi connectivity index (χ3n) is 2.68. The minimum Gasteiger partial charge on any atom is -0.478 e. The molecule has 22 heavy (non-hydrogen) atoms. The predicted molar refractivity (Wildman–Crippen MR) is 74.9 cm³/mol. The summed E-state index contributed by atoms with van der Waals surface area (Å²) in [6.45, 7) is -3.09. The molecule has 0 amide bonds. The van der Waals surface area contributed by atoms with Gasteiger partial charge in [-0.25, -0.2) is 13.9 Å². The summed E-state index contributed by atoms with van der Waals surface area (Å²) in [5, 5.41) is 12.6. The van der Waals surface area contributed by atoms with Gasteiger partial charge in [-0.05, 0) is 28.1 Å². The number of rotatable bonds is 4. The molecule has 0 aliphatic heterocycles. The number of aromatic carboxylic acids is 1. The van der Waals surface area contributed by atoms with E-state index >= 15 is 0 Å². The van der Waals surface area contributed by atoms with Gasteiger partial charge in [0, 0.05) is 12.6 Å². The molecule has 10 heteroatoms. The zero-order chi connectivity index (χ0) is 16.6. The second-order valence-corrected chi connectivity index (χ2v) is 5.29. The van der Waals surface area contributed by atoms with Crippen LogP contribution in [0.3, 0.4) is 0 Å². The van der Waals surface area contributed by atoms with Crippen LogP contribution in [0.15, 0.2) is 16.6 Å². The van der Waals surface area contributed by atoms with Gasteiger partial charge in [0.15, 0.2) is 0 Å². The lowest BCUT2D eigenvalue weighted by molar-refractivity contribution is -0.0558. The van der Waals surface area contributed by atoms with Gasteiger partial charge in [-0.1, -0.05) is 11.6 Å². The minimum atomic E-state index is -3.09. The van der Waals surface area contributed by atoms with Crippen LogP contribution < -0.4 is 4.74 Å². The Hall–Kier alpha value is -1.74. The summed E-state index contributed by atoms with van der Waals surface area (Å²) in [6, 6.07) is 1.79. The first-order valence-electron chi connectivity index (χ1n) is 5.62. The van der Waals surface area contributed by atoms with Gasteiger partial charge in [0.2, 0.25) is 5.88 Å². The molecule has 0 aliphatic rings. The quantitative estimate of drug-likeness (QED) is 0.846. The number of nitrogens with zero attached hydrogens (tertiary/aromatic N) is 2. The summed E-state index contributed by atoms with van der Waals surface area (Å²) < 4.78 is 43.9. The molecular formula is C12H7BrClF3N2O3. The largest absolute Gasteiger partial charge is 0.478 e. The Balaban J connectivity index is 2.62. The molecule has 5 nitrogen and oxygen atoms in total. The number of ether oxygens (including phenoxy) is 1. The topological polar surface area (TPSA) is 64.4 Å². The Kier molecular flexibility index (Phi) is 4.66. The molecule has 1 N–H and O–H groups in total. The van der Waals surface area contributed by atoms with Gasteiger partial charge in [0.1, 0.15) is 16.0 Å². The van der Waals surface area contributed by atoms with E-state index in [2.05, 4.69) is 25.8 Å². The van der Waals surface area contributed by atoms with Crippen LogP contribution in [0, 0.1) is 5.82 Å². The van der Waals surface area contributed by atoms with Crippen LogP contribution in [0.5, 0.6) is 5.88 Å². The van der Waals surface area contributed by atoms with Gasteiger partial charge in [0.25, 0.3) is 0 Å². The first-order valence-corrected chi connectivity index (χ1v) is 6.79. The Labute approximate surface area is 135 Å². The van der Waals surface area contributed by atoms with Crippen molar-refractivity contribution in [2.75, 3.05) is 0 Å². The van der Waals surface area contributed by atoms with Crippen molar-refractivity contribution < 1.29 is 27.8 Å². The summed E-state index contributed by atoms with van der Waals surface area (Å²) >= 11 is 8.64. The molecule has 0 bridgehead atoms. The van der Waals surface area contributed by atoms with E-state index in [0.29, 0.717) is 0 Å². The highest BCUT2D eigenvalue weighted by Crippen LogP contribution is 2.38. The van der Waals surface area contributed by atoms with Gasteiger partial charge < -0.3 is 9.84 Å². The second-order valence-electron chi connectivity index (χ2n) is 4.09. The summed E-state index contributed by atoms with van der Waals surface area (Å²) in [5.74, 6) is -2.53. The van der Waals surface area contributed by atoms with E-state index in [4.69, 9.17) is 16.7 Å². The van der Waals surface area contributed by atoms with Gasteiger partial charge >= 0.3 is 12.6 Å². The molecule has 0 spiro atoms. The average Bonchev–Trinajstić information content (AvgIpc) is 2.66. The van der Waals surface area contributed by atoms with Crippen LogP contribution in [0.2, 0.25) is 5.02 Å². The van der Waals surface area contributed by atoms with E-state index in [1.165, 1.54) is 7.05 Å². The van der Waals surface area contributed by atoms with Crippen molar-refractivity contribution in [1.29, 1.82) is 0 Å². The molecule has 0 aliphatic carbocycles. The number of benzene rings is 1. The second kappa shape index (κ2) is 6.17. The molecule has 118 valence electrons. The number of alkyl halides is 2. The molecule has 2 aromatic rings. The summed E-state index contributed by atoms with van der Waals surface area (Å²) in [5.41, 5.74) is -0.643. The van der Waals surface area contributed by atoms with Crippen molar-refractivity contribution in [2.45, 2.75) is 6.61 Å². The van der Waals surface area contributed by atoms with Gasteiger partial charge in [0.05, 0.1) is 10.6 Å². The molecule has 0 saturated carbocycles. The number of aryl methyl sites for hydroxylation is 1. The molecule has 0 atom stereocenters. The van der Waals surface area contributed by atoms with E-state index in [9.17, 15) is 18.0 Å². The highest BCUT2D eigenvalue weighted by molar-refractivity contribution is 9.10. The minimum absolute atomic E-state index is 0.0344. The summed E-state index contributed by atoms with van der Waals surface area (Å²) in [7, 11) is 1.32. The number of aromatic nitrogens is 2. The van der Waals surface area contributed by atoms with Crippen LogP contribution in [-0.2, 0) is 7.05 Å². The molecular weight excluding hydrogens is 392 g/mol. The number of halogens is 5. The standard InChI is InChI=1S/C12H7BrClF3N2O3/c1-19-10(22-12(16)17)8(13)9(18-19)5-2-4(11(20)21)6(14)3-7(5)15/h2-3,12H,1H3,(H,20,21). The Morgan fingerprint density at radius 2 is 2.14 bits per heavy atom. The number of carboxylic acids is 1. The molecule has 1 aromatic carbocycles. The van der Waals surface area contributed by atoms with Crippen molar-refractivity contribution in [2.24, 2.45) is 7.05 Å². The van der Waals surface area contributed by atoms with Crippen LogP contribution in [0.1, 0.15) is 10.4 Å². The lowest BCUT2D eigenvalue weighted by atomic mass is 10.1. The highest BCUT2D eigenvalue weighted by atomic mass is 79.9. The maximum atomic E-state index is 14.0. The van der Waals surface area contributed by atoms with E-state index in [0.717, 1.165) is 16.8 Å². The molecule has 2 rings (SSSR count). The fraction of sp³-hybridized carbons (Fsp3) is 0.167. The first-order chi connectivity index (χ1) is 10.2. The van der Waals surface area contributed by atoms with Crippen LogP contribution in [0.25, 0.3) is 11.3 Å². The lowest BCUT2D eigenvalue weighted by Gasteiger charge is -2.05. The normalized spacial score (nSPS) is 11.0. The Bertz CT molecular complexity index is 752. The molecule has 0 fully saturated rings. The zero-order valence-electron chi connectivity index (χ0n) is 10.8. The fourth-order valence-electron chi connectivity index (χ4n) is 1.76. The van der Waals surface area contributed by atoms with Crippen molar-refractivity contribution >= 4 is 33.5 Å². The molecule has 0 radical (unpaired) electrons. The Morgan fingerprint density at radius 1 is 1.50 bits per heavy atom. The number of hydrogen-bond acceptors (Lipinski definition) is 3. The zero-order valence-corrected chi connectivity index (χ0v) is 13.1. The van der Waals surface area contributed by atoms with Gasteiger partial charge in [-0.2, -0.15) is 13.9 Å². The smallest absolute Gasteiger partial charge is 0.388 e. The monoisotopic (exact) mass is 398 g/mol. The van der Waals surface area contributed by atoms with Crippen molar-refractivity contribution in [3.63, 3.8) is 0 Å². The van der Waals surface area contributed by atoms with E-state index in [1.807, 2.05) is 0 Å². The van der Waals surface area contributed by atoms with Crippen molar-refractivity contribution in [3.8, 4) is 17.1 Å². The lowest BCUT2D eigenvalue weighted by Crippen LogP contribution is -2.06. The predicted octanol–water partition coefficient (Wildman–Crippen LogP) is 3.94. The maximum Gasteiger partial charge on any atom is 0.388 e. The third kappa shape index (κ3) is 3.05. The highest BCUT2D eigenvalue weighted by Gasteiger charge is 2.23. The Morgan fingerprint density at radius 3 is 2.68 bits per heavy atom. The molecule has 0 unspecified atom stereocenters. The van der Waals surface area contributed by atoms with Gasteiger partial charge in [-0.3, -0.25) is 0 Å². The summed E-state index contributed by atoms with van der Waals surface area (Å²) in [4.78, 5) is 11.1. The van der Waals surface area contributed by atoms with Crippen LogP contribution in [0.4, 0.5) is 13.2 Å². The first kappa shape index (κ1) is 16.6. The fourth-order valence-corrected chi connectivity index (χ4v) is 2.64. The van der Waals surface area contributed by atoms with Gasteiger partial charge in [-0.15, -0.1) is 0 Å². The van der Waals surface area contributed by atoms with Crippen molar-refractivity contribution in [1.82, 2.24) is 9.78 Å². The maximum absolute atomic E-state index is 14.0. The van der Waals surface area contributed by atoms with E-state index in [-0.39, 0.29) is 32.2 Å². The number of carbonyl (C=O) groups is 1. The van der Waals surface area contributed by atoms with Crippen molar-refractivity contribution in [3.05, 3.63) is 33.0 Å².